The molecule has 0 amide bonds. The number of nitrogens with one attached hydrogen (secondary N) is 1. The van der Waals surface area contributed by atoms with E-state index in [1.54, 1.807) is 0 Å². The molecular weight excluding hydrogens is 317 g/mol. The van der Waals surface area contributed by atoms with Crippen molar-refractivity contribution in [2.75, 3.05) is 0 Å². The van der Waals surface area contributed by atoms with Crippen molar-refractivity contribution in [1.29, 1.82) is 0 Å². The van der Waals surface area contributed by atoms with Crippen LogP contribution < -0.4 is 10.1 Å². The molecule has 0 aliphatic rings. The fourth-order valence-electron chi connectivity index (χ4n) is 1.96. The van der Waals surface area contributed by atoms with Gasteiger partial charge in [0.25, 0.3) is 0 Å². The van der Waals surface area contributed by atoms with Crippen LogP contribution in [-0.4, -0.2) is 5.54 Å². The zero-order valence-corrected chi connectivity index (χ0v) is 14.6. The molecule has 2 nitrogen and oxygen atoms in total. The van der Waals surface area contributed by atoms with E-state index in [1.165, 1.54) is 0 Å². The Labute approximate surface area is 142 Å². The second-order valence-electron chi connectivity index (χ2n) is 6.24. The van der Waals surface area contributed by atoms with E-state index in [9.17, 15) is 0 Å². The fraction of sp³-hybridized carbons (Fsp3) is 0.333. The van der Waals surface area contributed by atoms with Crippen molar-refractivity contribution >= 4 is 23.2 Å². The molecule has 0 bridgehead atoms. The SMILES string of the molecule is CC(C)(C)NCc1cc(Cl)ccc1OCc1ccccc1Cl. The van der Waals surface area contributed by atoms with E-state index in [0.717, 1.165) is 16.9 Å². The minimum absolute atomic E-state index is 0.0301. The van der Waals surface area contributed by atoms with E-state index in [4.69, 9.17) is 27.9 Å². The number of hydrogen-bond acceptors (Lipinski definition) is 2. The lowest BCUT2D eigenvalue weighted by molar-refractivity contribution is 0.300. The maximum atomic E-state index is 6.16. The van der Waals surface area contributed by atoms with Crippen molar-refractivity contribution in [2.24, 2.45) is 0 Å². The van der Waals surface area contributed by atoms with Gasteiger partial charge in [-0.3, -0.25) is 0 Å². The van der Waals surface area contributed by atoms with Gasteiger partial charge >= 0.3 is 0 Å². The molecule has 0 atom stereocenters. The highest BCUT2D eigenvalue weighted by Gasteiger charge is 2.12. The molecule has 0 heterocycles. The Morgan fingerprint density at radius 2 is 1.73 bits per heavy atom. The van der Waals surface area contributed by atoms with Gasteiger partial charge in [-0.15, -0.1) is 0 Å². The quantitative estimate of drug-likeness (QED) is 0.781. The summed E-state index contributed by atoms with van der Waals surface area (Å²) in [5, 5.41) is 4.87. The zero-order valence-electron chi connectivity index (χ0n) is 13.1. The van der Waals surface area contributed by atoms with Crippen molar-refractivity contribution in [1.82, 2.24) is 5.32 Å². The Kier molecular flexibility index (Phi) is 5.74. The first-order chi connectivity index (χ1) is 10.3. The molecule has 1 N–H and O–H groups in total. The highest BCUT2D eigenvalue weighted by molar-refractivity contribution is 6.31. The van der Waals surface area contributed by atoms with E-state index in [-0.39, 0.29) is 5.54 Å². The smallest absolute Gasteiger partial charge is 0.124 e. The van der Waals surface area contributed by atoms with Crippen LogP contribution in [0.3, 0.4) is 0 Å². The molecule has 0 aliphatic carbocycles. The molecule has 2 aromatic rings. The largest absolute Gasteiger partial charge is 0.489 e. The first-order valence-corrected chi connectivity index (χ1v) is 8.00. The second-order valence-corrected chi connectivity index (χ2v) is 7.08. The summed E-state index contributed by atoms with van der Waals surface area (Å²) in [4.78, 5) is 0. The van der Waals surface area contributed by atoms with Crippen LogP contribution >= 0.6 is 23.2 Å². The lowest BCUT2D eigenvalue weighted by atomic mass is 10.1. The Bertz CT molecular complexity index is 635. The fourth-order valence-corrected chi connectivity index (χ4v) is 2.34. The minimum atomic E-state index is 0.0301. The van der Waals surface area contributed by atoms with Crippen molar-refractivity contribution in [3.63, 3.8) is 0 Å². The van der Waals surface area contributed by atoms with Gasteiger partial charge in [-0.05, 0) is 45.0 Å². The Hall–Kier alpha value is -1.22. The zero-order chi connectivity index (χ0) is 16.2. The van der Waals surface area contributed by atoms with Crippen molar-refractivity contribution < 1.29 is 4.74 Å². The van der Waals surface area contributed by atoms with Crippen molar-refractivity contribution in [3.05, 3.63) is 63.6 Å². The first kappa shape index (κ1) is 17.1. The third kappa shape index (κ3) is 5.20. The molecule has 0 radical (unpaired) electrons. The summed E-state index contributed by atoms with van der Waals surface area (Å²) in [5.74, 6) is 0.820. The van der Waals surface area contributed by atoms with Crippen LogP contribution in [0.15, 0.2) is 42.5 Å². The van der Waals surface area contributed by atoms with E-state index < -0.39 is 0 Å². The first-order valence-electron chi connectivity index (χ1n) is 7.25. The summed E-state index contributed by atoms with van der Waals surface area (Å²) in [6.07, 6.45) is 0. The molecule has 0 aromatic heterocycles. The number of rotatable bonds is 5. The molecule has 118 valence electrons. The minimum Gasteiger partial charge on any atom is -0.489 e. The summed E-state index contributed by atoms with van der Waals surface area (Å²) >= 11 is 12.3. The van der Waals surface area contributed by atoms with E-state index in [0.29, 0.717) is 23.2 Å². The summed E-state index contributed by atoms with van der Waals surface area (Å²) in [7, 11) is 0. The van der Waals surface area contributed by atoms with Crippen LogP contribution in [0.5, 0.6) is 5.75 Å². The highest BCUT2D eigenvalue weighted by Crippen LogP contribution is 2.25. The van der Waals surface area contributed by atoms with Crippen LogP contribution in [0.25, 0.3) is 0 Å². The summed E-state index contributed by atoms with van der Waals surface area (Å²) < 4.78 is 5.94. The second kappa shape index (κ2) is 7.36. The van der Waals surface area contributed by atoms with Crippen LogP contribution in [0.4, 0.5) is 0 Å². The Morgan fingerprint density at radius 3 is 2.41 bits per heavy atom. The van der Waals surface area contributed by atoms with Gasteiger partial charge < -0.3 is 10.1 Å². The van der Waals surface area contributed by atoms with Crippen LogP contribution in [0.2, 0.25) is 10.0 Å². The standard InChI is InChI=1S/C18H21Cl2NO/c1-18(2,3)21-11-14-10-15(19)8-9-17(14)22-12-13-6-4-5-7-16(13)20/h4-10,21H,11-12H2,1-3H3. The summed E-state index contributed by atoms with van der Waals surface area (Å²) in [6, 6.07) is 13.4. The monoisotopic (exact) mass is 337 g/mol. The van der Waals surface area contributed by atoms with Gasteiger partial charge in [0, 0.05) is 33.3 Å². The van der Waals surface area contributed by atoms with Crippen molar-refractivity contribution in [3.8, 4) is 5.75 Å². The van der Waals surface area contributed by atoms with Gasteiger partial charge in [-0.25, -0.2) is 0 Å². The predicted octanol–water partition coefficient (Wildman–Crippen LogP) is 5.46. The molecule has 2 rings (SSSR count). The van der Waals surface area contributed by atoms with E-state index in [2.05, 4.69) is 26.1 Å². The molecule has 0 saturated heterocycles. The lowest BCUT2D eigenvalue weighted by Crippen LogP contribution is -2.35. The number of hydrogen-bond donors (Lipinski definition) is 1. The van der Waals surface area contributed by atoms with Crippen molar-refractivity contribution in [2.45, 2.75) is 39.5 Å². The molecule has 0 fully saturated rings. The average molecular weight is 338 g/mol. The third-order valence-corrected chi connectivity index (χ3v) is 3.78. The van der Waals surface area contributed by atoms with Crippen LogP contribution in [-0.2, 0) is 13.2 Å². The predicted molar refractivity (Wildman–Crippen MR) is 93.8 cm³/mol. The maximum absolute atomic E-state index is 6.16. The third-order valence-electron chi connectivity index (χ3n) is 3.17. The van der Waals surface area contributed by atoms with Crippen LogP contribution in [0.1, 0.15) is 31.9 Å². The molecule has 0 aliphatic heterocycles. The molecule has 4 heteroatoms. The molecule has 22 heavy (non-hydrogen) atoms. The summed E-state index contributed by atoms with van der Waals surface area (Å²) in [6.45, 7) is 7.51. The van der Waals surface area contributed by atoms with E-state index >= 15 is 0 Å². The molecule has 2 aromatic carbocycles. The molecular formula is C18H21Cl2NO. The normalized spacial score (nSPS) is 11.5. The van der Waals surface area contributed by atoms with E-state index in [1.807, 2.05) is 42.5 Å². The van der Waals surface area contributed by atoms with Crippen LogP contribution in [0, 0.1) is 0 Å². The highest BCUT2D eigenvalue weighted by atomic mass is 35.5. The van der Waals surface area contributed by atoms with Gasteiger partial charge in [-0.1, -0.05) is 41.4 Å². The molecule has 0 saturated carbocycles. The number of ether oxygens (including phenoxy) is 1. The van der Waals surface area contributed by atoms with Gasteiger partial charge in [-0.2, -0.15) is 0 Å². The Balaban J connectivity index is 2.11. The topological polar surface area (TPSA) is 21.3 Å². The maximum Gasteiger partial charge on any atom is 0.124 e. The van der Waals surface area contributed by atoms with Gasteiger partial charge in [0.05, 0.1) is 0 Å². The van der Waals surface area contributed by atoms with Gasteiger partial charge in [0.2, 0.25) is 0 Å². The van der Waals surface area contributed by atoms with Gasteiger partial charge in [0.15, 0.2) is 0 Å². The number of halogens is 2. The molecule has 0 unspecified atom stereocenters. The lowest BCUT2D eigenvalue weighted by Gasteiger charge is -2.22. The summed E-state index contributed by atoms with van der Waals surface area (Å²) in [5.41, 5.74) is 2.03. The average Bonchev–Trinajstić information content (AvgIpc) is 2.45. The Morgan fingerprint density at radius 1 is 1.00 bits per heavy atom. The molecule has 0 spiro atoms. The van der Waals surface area contributed by atoms with Gasteiger partial charge in [0.1, 0.15) is 12.4 Å². The number of benzene rings is 2.